The molecule has 4 N–H and O–H groups in total. The number of amides is 2. The van der Waals surface area contributed by atoms with Crippen LogP contribution in [-0.4, -0.2) is 21.8 Å². The zero-order chi connectivity index (χ0) is 27.9. The maximum Gasteiger partial charge on any atom is 0.262 e. The van der Waals surface area contributed by atoms with E-state index in [1.807, 2.05) is 91.3 Å². The Hall–Kier alpha value is -5.86. The van der Waals surface area contributed by atoms with Gasteiger partial charge in [-0.1, -0.05) is 36.4 Å². The number of hydrogen-bond donors (Lipinski definition) is 4. The average molecular weight is 525 g/mol. The summed E-state index contributed by atoms with van der Waals surface area (Å²) in [6, 6.07) is 24.5. The van der Waals surface area contributed by atoms with E-state index >= 15 is 0 Å². The summed E-state index contributed by atoms with van der Waals surface area (Å²) in [5.41, 5.74) is 5.11. The molecule has 3 aromatic carbocycles. The molecule has 0 aliphatic heterocycles. The lowest BCUT2D eigenvalue weighted by Crippen LogP contribution is -2.25. The summed E-state index contributed by atoms with van der Waals surface area (Å²) >= 11 is 0. The summed E-state index contributed by atoms with van der Waals surface area (Å²) in [4.78, 5) is 35.0. The molecule has 0 atom stereocenters. The Morgan fingerprint density at radius 2 is 1.38 bits per heavy atom. The van der Waals surface area contributed by atoms with Gasteiger partial charge in [0.2, 0.25) is 0 Å². The van der Waals surface area contributed by atoms with Crippen LogP contribution in [0.3, 0.4) is 0 Å². The molecule has 0 radical (unpaired) electrons. The second-order valence-corrected chi connectivity index (χ2v) is 9.15. The highest BCUT2D eigenvalue weighted by Gasteiger charge is 2.12. The number of rotatable bonds is 8. The quantitative estimate of drug-likeness (QED) is 0.123. The Morgan fingerprint density at radius 3 is 1.95 bits per heavy atom. The fraction of sp³-hybridized carbons (Fsp3) is 0.0625. The minimum atomic E-state index is -0.472. The molecule has 0 unspecified atom stereocenters. The lowest BCUT2D eigenvalue weighted by molar-refractivity contribution is -0.118. The van der Waals surface area contributed by atoms with E-state index in [1.54, 1.807) is 12.2 Å². The van der Waals surface area contributed by atoms with Gasteiger partial charge in [-0.2, -0.15) is 5.26 Å². The molecule has 0 spiro atoms. The van der Waals surface area contributed by atoms with Gasteiger partial charge in [-0.15, -0.1) is 0 Å². The molecule has 2 amide bonds. The van der Waals surface area contributed by atoms with Crippen molar-refractivity contribution in [1.29, 1.82) is 5.26 Å². The lowest BCUT2D eigenvalue weighted by atomic mass is 10.1. The van der Waals surface area contributed by atoms with E-state index in [4.69, 9.17) is 6.57 Å². The number of hydrogen-bond acceptors (Lipinski definition) is 3. The molecule has 8 nitrogen and oxygen atoms in total. The Labute approximate surface area is 230 Å². The highest BCUT2D eigenvalue weighted by molar-refractivity contribution is 6.02. The van der Waals surface area contributed by atoms with Gasteiger partial charge in [-0.3, -0.25) is 9.59 Å². The van der Waals surface area contributed by atoms with Crippen molar-refractivity contribution in [2.45, 2.75) is 13.1 Å². The molecule has 5 rings (SSSR count). The molecule has 0 fully saturated rings. The van der Waals surface area contributed by atoms with Crippen LogP contribution in [0, 0.1) is 17.9 Å². The minimum Gasteiger partial charge on any atom is -0.361 e. The van der Waals surface area contributed by atoms with E-state index in [0.717, 1.165) is 44.1 Å². The van der Waals surface area contributed by atoms with Gasteiger partial charge in [0.05, 0.1) is 6.57 Å². The van der Waals surface area contributed by atoms with Crippen molar-refractivity contribution in [2.75, 3.05) is 0 Å². The van der Waals surface area contributed by atoms with E-state index in [1.165, 1.54) is 0 Å². The topological polar surface area (TPSA) is 118 Å². The SMILES string of the molecule is [C-]#[N+]C(=Cc1ccc2[nH]ccc2c1)C(=O)NCc1cccc(CNC(=O)C(C#N)=Cc2ccc3[nH]ccc3c2)c1. The maximum atomic E-state index is 12.7. The highest BCUT2D eigenvalue weighted by atomic mass is 16.2. The molecular formula is C32H24N6O2. The first-order valence-electron chi connectivity index (χ1n) is 12.5. The number of nitrogens with zero attached hydrogens (tertiary/aromatic N) is 2. The Balaban J connectivity index is 1.19. The third-order valence-corrected chi connectivity index (χ3v) is 6.38. The first-order chi connectivity index (χ1) is 19.5. The third-order valence-electron chi connectivity index (χ3n) is 6.38. The molecule has 2 aromatic heterocycles. The first kappa shape index (κ1) is 25.8. The standard InChI is InChI=1S/C32H24N6O2/c1-34-30(17-22-6-8-29-26(15-22)10-12-36-29)32(40)38-20-24-4-2-3-23(13-24)19-37-31(39)27(18-33)16-21-5-7-28-25(14-21)9-11-35-28/h2-17,35-36H,19-20H2,(H,37,39)(H,38,40). The van der Waals surface area contributed by atoms with Crippen molar-refractivity contribution in [3.05, 3.63) is 130 Å². The summed E-state index contributed by atoms with van der Waals surface area (Å²) < 4.78 is 0. The van der Waals surface area contributed by atoms with Gasteiger partial charge in [-0.25, -0.2) is 4.85 Å². The van der Waals surface area contributed by atoms with Crippen molar-refractivity contribution >= 4 is 45.8 Å². The third kappa shape index (κ3) is 5.99. The first-order valence-corrected chi connectivity index (χ1v) is 12.5. The van der Waals surface area contributed by atoms with Gasteiger partial charge in [0.1, 0.15) is 11.6 Å². The fourth-order valence-corrected chi connectivity index (χ4v) is 4.34. The van der Waals surface area contributed by atoms with Crippen molar-refractivity contribution < 1.29 is 9.59 Å². The number of benzene rings is 3. The normalized spacial score (nSPS) is 11.7. The van der Waals surface area contributed by atoms with Crippen molar-refractivity contribution in [2.24, 2.45) is 0 Å². The van der Waals surface area contributed by atoms with E-state index in [9.17, 15) is 14.9 Å². The Kier molecular flexibility index (Phi) is 7.53. The number of nitriles is 1. The average Bonchev–Trinajstić information content (AvgIpc) is 3.65. The van der Waals surface area contributed by atoms with Crippen LogP contribution in [-0.2, 0) is 22.7 Å². The van der Waals surface area contributed by atoms with Crippen LogP contribution >= 0.6 is 0 Å². The largest absolute Gasteiger partial charge is 0.361 e. The molecule has 5 aromatic rings. The molecule has 194 valence electrons. The number of fused-ring (bicyclic) bond motifs is 2. The van der Waals surface area contributed by atoms with E-state index in [2.05, 4.69) is 25.4 Å². The zero-order valence-electron chi connectivity index (χ0n) is 21.4. The van der Waals surface area contributed by atoms with Gasteiger partial charge in [0.25, 0.3) is 17.5 Å². The Bertz CT molecular complexity index is 1740. The van der Waals surface area contributed by atoms with Crippen LogP contribution in [0.1, 0.15) is 22.3 Å². The van der Waals surface area contributed by atoms with E-state index in [-0.39, 0.29) is 24.4 Å². The van der Waals surface area contributed by atoms with Gasteiger partial charge in [0, 0.05) is 36.5 Å². The van der Waals surface area contributed by atoms with Gasteiger partial charge < -0.3 is 20.6 Å². The molecular weight excluding hydrogens is 500 g/mol. The van der Waals surface area contributed by atoms with Crippen molar-refractivity contribution in [1.82, 2.24) is 20.6 Å². The predicted molar refractivity (Wildman–Crippen MR) is 155 cm³/mol. The molecule has 8 heteroatoms. The molecule has 0 aliphatic rings. The monoisotopic (exact) mass is 524 g/mol. The molecule has 40 heavy (non-hydrogen) atoms. The van der Waals surface area contributed by atoms with Gasteiger partial charge >= 0.3 is 0 Å². The molecule has 0 aliphatic carbocycles. The number of carbonyl (C=O) groups excluding carboxylic acids is 2. The second kappa shape index (κ2) is 11.7. The Morgan fingerprint density at radius 1 is 0.800 bits per heavy atom. The van der Waals surface area contributed by atoms with Crippen LogP contribution < -0.4 is 10.6 Å². The van der Waals surface area contributed by atoms with Crippen molar-refractivity contribution in [3.8, 4) is 6.07 Å². The smallest absolute Gasteiger partial charge is 0.262 e. The zero-order valence-corrected chi connectivity index (χ0v) is 21.4. The van der Waals surface area contributed by atoms with Crippen LogP contribution in [0.5, 0.6) is 0 Å². The summed E-state index contributed by atoms with van der Waals surface area (Å²) in [7, 11) is 0. The number of carbonyl (C=O) groups is 2. The number of aromatic amines is 2. The molecule has 2 heterocycles. The second-order valence-electron chi connectivity index (χ2n) is 9.15. The van der Waals surface area contributed by atoms with Gasteiger partial charge in [-0.05, 0) is 81.6 Å². The lowest BCUT2D eigenvalue weighted by Gasteiger charge is -2.09. The molecule has 0 saturated carbocycles. The molecule has 0 saturated heterocycles. The number of nitrogens with one attached hydrogen (secondary N) is 4. The predicted octanol–water partition coefficient (Wildman–Crippen LogP) is 5.45. The number of aromatic nitrogens is 2. The van der Waals surface area contributed by atoms with Crippen LogP contribution in [0.15, 0.2) is 96.5 Å². The summed E-state index contributed by atoms with van der Waals surface area (Å²) in [5.74, 6) is -0.940. The highest BCUT2D eigenvalue weighted by Crippen LogP contribution is 2.18. The summed E-state index contributed by atoms with van der Waals surface area (Å²) in [6.45, 7) is 7.89. The maximum absolute atomic E-state index is 12.7. The summed E-state index contributed by atoms with van der Waals surface area (Å²) in [6.07, 6.45) is 6.80. The summed E-state index contributed by atoms with van der Waals surface area (Å²) in [5, 5.41) is 17.1. The van der Waals surface area contributed by atoms with Crippen LogP contribution in [0.25, 0.3) is 38.8 Å². The molecule has 0 bridgehead atoms. The van der Waals surface area contributed by atoms with Gasteiger partial charge in [0.15, 0.2) is 0 Å². The fourth-order valence-electron chi connectivity index (χ4n) is 4.34. The van der Waals surface area contributed by atoms with Crippen LogP contribution in [0.2, 0.25) is 0 Å². The van der Waals surface area contributed by atoms with Crippen LogP contribution in [0.4, 0.5) is 0 Å². The number of H-pyrrole nitrogens is 2. The van der Waals surface area contributed by atoms with E-state index in [0.29, 0.717) is 0 Å². The van der Waals surface area contributed by atoms with E-state index < -0.39 is 11.8 Å². The van der Waals surface area contributed by atoms with Crippen molar-refractivity contribution in [3.63, 3.8) is 0 Å². The minimum absolute atomic E-state index is 0.00687.